The summed E-state index contributed by atoms with van der Waals surface area (Å²) in [4.78, 5) is 0. The van der Waals surface area contributed by atoms with E-state index < -0.39 is 0 Å². The lowest BCUT2D eigenvalue weighted by Gasteiger charge is -2.08. The Morgan fingerprint density at radius 3 is 1.73 bits per heavy atom. The fraction of sp³-hybridized carbons (Fsp3) is 0.529. The van der Waals surface area contributed by atoms with Crippen molar-refractivity contribution in [2.45, 2.75) is 0 Å². The van der Waals surface area contributed by atoms with E-state index in [1.165, 1.54) is 0 Å². The third-order valence-electron chi connectivity index (χ3n) is 2.59. The summed E-state index contributed by atoms with van der Waals surface area (Å²) in [5, 5.41) is 0. The highest BCUT2D eigenvalue weighted by Gasteiger charge is 1.94. The molecule has 0 saturated heterocycles. The summed E-state index contributed by atoms with van der Waals surface area (Å²) < 4.78 is 26.8. The fourth-order valence-electron chi connectivity index (χ4n) is 1.56. The molecule has 5 heteroatoms. The predicted molar refractivity (Wildman–Crippen MR) is 85.4 cm³/mol. The van der Waals surface area contributed by atoms with Crippen molar-refractivity contribution in [3.05, 3.63) is 43.0 Å². The Kier molecular flexibility index (Phi) is 12.3. The molecule has 1 aromatic carbocycles. The summed E-state index contributed by atoms with van der Waals surface area (Å²) in [5.41, 5.74) is 0. The normalized spacial score (nSPS) is 10.5. The summed E-state index contributed by atoms with van der Waals surface area (Å²) in [6, 6.07) is 9.69. The molecule has 0 bridgehead atoms. The van der Waals surface area contributed by atoms with Gasteiger partial charge in [-0.2, -0.15) is 0 Å². The summed E-state index contributed by atoms with van der Waals surface area (Å²) in [6.07, 6.45) is 1.72. The molecule has 22 heavy (non-hydrogen) atoms. The van der Waals surface area contributed by atoms with E-state index in [-0.39, 0.29) is 0 Å². The summed E-state index contributed by atoms with van der Waals surface area (Å²) in [6.45, 7) is 8.61. The van der Waals surface area contributed by atoms with Crippen molar-refractivity contribution in [3.63, 3.8) is 0 Å². The highest BCUT2D eigenvalue weighted by molar-refractivity contribution is 5.20. The minimum atomic E-state index is 0.540. The van der Waals surface area contributed by atoms with Crippen LogP contribution in [0.25, 0.3) is 0 Å². The van der Waals surface area contributed by atoms with Crippen LogP contribution in [0, 0.1) is 0 Å². The first kappa shape index (κ1) is 18.6. The van der Waals surface area contributed by atoms with Gasteiger partial charge in [0.1, 0.15) is 12.4 Å². The molecule has 0 N–H and O–H groups in total. The summed E-state index contributed by atoms with van der Waals surface area (Å²) in [7, 11) is 0. The second-order valence-corrected chi connectivity index (χ2v) is 4.36. The first-order valence-electron chi connectivity index (χ1n) is 7.53. The van der Waals surface area contributed by atoms with Gasteiger partial charge in [-0.05, 0) is 12.1 Å². The number of hydrogen-bond donors (Lipinski definition) is 0. The smallest absolute Gasteiger partial charge is 0.119 e. The average Bonchev–Trinajstić information content (AvgIpc) is 2.56. The minimum Gasteiger partial charge on any atom is -0.491 e. The number of benzene rings is 1. The van der Waals surface area contributed by atoms with E-state index >= 15 is 0 Å². The molecule has 1 aromatic rings. The van der Waals surface area contributed by atoms with Gasteiger partial charge in [0.25, 0.3) is 0 Å². The maximum atomic E-state index is 5.50. The van der Waals surface area contributed by atoms with Crippen LogP contribution in [0.3, 0.4) is 0 Å². The SMILES string of the molecule is C=CCOCCOCCOCCOCCOc1ccccc1. The second-order valence-electron chi connectivity index (χ2n) is 4.36. The van der Waals surface area contributed by atoms with Crippen LogP contribution < -0.4 is 4.74 Å². The van der Waals surface area contributed by atoms with Gasteiger partial charge in [-0.15, -0.1) is 6.58 Å². The molecule has 0 aromatic heterocycles. The molecule has 0 aliphatic carbocycles. The average molecular weight is 310 g/mol. The van der Waals surface area contributed by atoms with Gasteiger partial charge in [-0.1, -0.05) is 24.3 Å². The first-order chi connectivity index (χ1) is 10.9. The van der Waals surface area contributed by atoms with Crippen LogP contribution in [0.5, 0.6) is 5.75 Å². The van der Waals surface area contributed by atoms with Gasteiger partial charge >= 0.3 is 0 Å². The van der Waals surface area contributed by atoms with Crippen LogP contribution in [-0.2, 0) is 18.9 Å². The Hall–Kier alpha value is -1.40. The van der Waals surface area contributed by atoms with Gasteiger partial charge in [-0.3, -0.25) is 0 Å². The minimum absolute atomic E-state index is 0.540. The zero-order chi connectivity index (χ0) is 15.7. The van der Waals surface area contributed by atoms with E-state index in [0.29, 0.717) is 59.5 Å². The zero-order valence-electron chi connectivity index (χ0n) is 13.1. The van der Waals surface area contributed by atoms with Crippen LogP contribution in [-0.4, -0.2) is 59.5 Å². The van der Waals surface area contributed by atoms with E-state index in [9.17, 15) is 0 Å². The quantitative estimate of drug-likeness (QED) is 0.367. The van der Waals surface area contributed by atoms with Gasteiger partial charge in [0, 0.05) is 0 Å². The summed E-state index contributed by atoms with van der Waals surface area (Å²) >= 11 is 0. The van der Waals surface area contributed by atoms with E-state index in [1.807, 2.05) is 30.3 Å². The van der Waals surface area contributed by atoms with E-state index in [1.54, 1.807) is 6.08 Å². The van der Waals surface area contributed by atoms with E-state index in [0.717, 1.165) is 5.75 Å². The van der Waals surface area contributed by atoms with Crippen LogP contribution in [0.1, 0.15) is 0 Å². The molecule has 1 rings (SSSR count). The van der Waals surface area contributed by atoms with E-state index in [4.69, 9.17) is 23.7 Å². The van der Waals surface area contributed by atoms with E-state index in [2.05, 4.69) is 6.58 Å². The lowest BCUT2D eigenvalue weighted by molar-refractivity contribution is -0.00221. The van der Waals surface area contributed by atoms with Crippen molar-refractivity contribution in [1.29, 1.82) is 0 Å². The topological polar surface area (TPSA) is 46.2 Å². The highest BCUT2D eigenvalue weighted by Crippen LogP contribution is 2.07. The molecule has 0 spiro atoms. The number of hydrogen-bond acceptors (Lipinski definition) is 5. The van der Waals surface area contributed by atoms with Crippen molar-refractivity contribution in [2.24, 2.45) is 0 Å². The molecular formula is C17H26O5. The molecule has 124 valence electrons. The first-order valence-corrected chi connectivity index (χ1v) is 7.53. The van der Waals surface area contributed by atoms with Crippen molar-refractivity contribution >= 4 is 0 Å². The van der Waals surface area contributed by atoms with Crippen LogP contribution >= 0.6 is 0 Å². The van der Waals surface area contributed by atoms with Crippen molar-refractivity contribution in [2.75, 3.05) is 59.5 Å². The molecule has 0 aliphatic rings. The summed E-state index contributed by atoms with van der Waals surface area (Å²) in [5.74, 6) is 0.858. The maximum Gasteiger partial charge on any atom is 0.119 e. The van der Waals surface area contributed by atoms with Gasteiger partial charge in [-0.25, -0.2) is 0 Å². The van der Waals surface area contributed by atoms with Gasteiger partial charge in [0.05, 0.1) is 52.9 Å². The molecular weight excluding hydrogens is 284 g/mol. The van der Waals surface area contributed by atoms with Crippen molar-refractivity contribution < 1.29 is 23.7 Å². The molecule has 0 fully saturated rings. The predicted octanol–water partition coefficient (Wildman–Crippen LogP) is 2.32. The third kappa shape index (κ3) is 11.3. The molecule has 0 radical (unpaired) electrons. The highest BCUT2D eigenvalue weighted by atomic mass is 16.6. The Labute approximate surface area is 132 Å². The molecule has 0 aliphatic heterocycles. The Morgan fingerprint density at radius 2 is 1.18 bits per heavy atom. The lowest BCUT2D eigenvalue weighted by Crippen LogP contribution is -2.13. The van der Waals surface area contributed by atoms with Crippen LogP contribution in [0.15, 0.2) is 43.0 Å². The Bertz CT molecular complexity index is 355. The van der Waals surface area contributed by atoms with Gasteiger partial charge in [0.15, 0.2) is 0 Å². The second kappa shape index (κ2) is 14.5. The van der Waals surface area contributed by atoms with Crippen LogP contribution in [0.4, 0.5) is 0 Å². The third-order valence-corrected chi connectivity index (χ3v) is 2.59. The lowest BCUT2D eigenvalue weighted by atomic mass is 10.3. The maximum absolute atomic E-state index is 5.50. The molecule has 0 atom stereocenters. The monoisotopic (exact) mass is 310 g/mol. The Morgan fingerprint density at radius 1 is 0.682 bits per heavy atom. The van der Waals surface area contributed by atoms with Gasteiger partial charge in [0.2, 0.25) is 0 Å². The number of para-hydroxylation sites is 1. The molecule has 0 unspecified atom stereocenters. The van der Waals surface area contributed by atoms with Crippen molar-refractivity contribution in [1.82, 2.24) is 0 Å². The largest absolute Gasteiger partial charge is 0.491 e. The number of rotatable bonds is 15. The number of ether oxygens (including phenoxy) is 5. The zero-order valence-corrected chi connectivity index (χ0v) is 13.1. The van der Waals surface area contributed by atoms with Crippen molar-refractivity contribution in [3.8, 4) is 5.75 Å². The molecule has 0 saturated carbocycles. The van der Waals surface area contributed by atoms with Gasteiger partial charge < -0.3 is 23.7 Å². The standard InChI is InChI=1S/C17H26O5/c1-2-8-18-9-10-19-11-12-20-13-14-21-15-16-22-17-6-4-3-5-7-17/h2-7H,1,8-16H2. The fourth-order valence-corrected chi connectivity index (χ4v) is 1.56. The van der Waals surface area contributed by atoms with Crippen LogP contribution in [0.2, 0.25) is 0 Å². The Balaban J connectivity index is 1.74. The molecule has 0 amide bonds. The molecule has 0 heterocycles. The molecule has 5 nitrogen and oxygen atoms in total.